The lowest BCUT2D eigenvalue weighted by Gasteiger charge is -2.39. The van der Waals surface area contributed by atoms with Crippen molar-refractivity contribution in [1.82, 2.24) is 15.1 Å². The lowest BCUT2D eigenvalue weighted by atomic mass is 9.77. The molecule has 27 heavy (non-hydrogen) atoms. The number of carbonyl (C=O) groups excluding carboxylic acids is 2. The number of β-amino-alcohol motifs (C(OH)–C–C–N with tert-alkyl or cyclic N) is 1. The Morgan fingerprint density at radius 1 is 1.26 bits per heavy atom. The van der Waals surface area contributed by atoms with Gasteiger partial charge in [-0.05, 0) is 37.0 Å². The number of benzene rings is 1. The number of hydrogen-bond acceptors (Lipinski definition) is 4. The van der Waals surface area contributed by atoms with Crippen molar-refractivity contribution >= 4 is 23.4 Å². The van der Waals surface area contributed by atoms with Crippen LogP contribution in [0.3, 0.4) is 0 Å². The minimum Gasteiger partial charge on any atom is -0.392 e. The molecule has 6 nitrogen and oxygen atoms in total. The summed E-state index contributed by atoms with van der Waals surface area (Å²) < 4.78 is 0. The summed E-state index contributed by atoms with van der Waals surface area (Å²) in [5, 5.41) is 13.4. The van der Waals surface area contributed by atoms with Gasteiger partial charge in [0.25, 0.3) is 0 Å². The first kappa shape index (κ1) is 18.7. The number of piperidine rings is 1. The summed E-state index contributed by atoms with van der Waals surface area (Å²) in [4.78, 5) is 29.0. The van der Waals surface area contributed by atoms with Gasteiger partial charge >= 0.3 is 0 Å². The van der Waals surface area contributed by atoms with Crippen LogP contribution >= 0.6 is 11.6 Å². The number of hydrogen-bond donors (Lipinski definition) is 2. The van der Waals surface area contributed by atoms with Crippen LogP contribution in [0.4, 0.5) is 0 Å². The van der Waals surface area contributed by atoms with Gasteiger partial charge in [0.15, 0.2) is 0 Å². The van der Waals surface area contributed by atoms with Crippen molar-refractivity contribution < 1.29 is 14.7 Å². The fourth-order valence-corrected chi connectivity index (χ4v) is 4.72. The molecule has 0 saturated carbocycles. The highest BCUT2D eigenvalue weighted by Crippen LogP contribution is 2.41. The Morgan fingerprint density at radius 2 is 1.96 bits per heavy atom. The molecule has 2 unspecified atom stereocenters. The number of aliphatic hydroxyl groups excluding tert-OH is 1. The van der Waals surface area contributed by atoms with Crippen LogP contribution < -0.4 is 5.32 Å². The quantitative estimate of drug-likeness (QED) is 0.817. The highest BCUT2D eigenvalue weighted by molar-refractivity contribution is 6.30. The predicted octanol–water partition coefficient (Wildman–Crippen LogP) is 1.40. The average molecular weight is 392 g/mol. The molecule has 1 spiro atoms. The number of aliphatic hydroxyl groups is 1. The number of likely N-dealkylation sites (tertiary alicyclic amines) is 2. The third-order valence-electron chi connectivity index (χ3n) is 6.23. The molecule has 1 aromatic rings. The van der Waals surface area contributed by atoms with E-state index in [1.54, 1.807) is 0 Å². The summed E-state index contributed by atoms with van der Waals surface area (Å²) in [5.74, 6) is 0.286. The number of nitrogens with one attached hydrogen (secondary N) is 1. The van der Waals surface area contributed by atoms with Crippen molar-refractivity contribution in [2.24, 2.45) is 5.41 Å². The van der Waals surface area contributed by atoms with Gasteiger partial charge in [-0.2, -0.15) is 0 Å². The Labute approximate surface area is 164 Å². The Balaban J connectivity index is 1.33. The van der Waals surface area contributed by atoms with Gasteiger partial charge in [0.1, 0.15) is 0 Å². The van der Waals surface area contributed by atoms with Gasteiger partial charge in [0.2, 0.25) is 11.8 Å². The van der Waals surface area contributed by atoms with E-state index in [2.05, 4.69) is 5.32 Å². The van der Waals surface area contributed by atoms with Crippen LogP contribution in [0.15, 0.2) is 24.3 Å². The van der Waals surface area contributed by atoms with E-state index in [4.69, 9.17) is 11.6 Å². The maximum Gasteiger partial charge on any atom is 0.239 e. The zero-order valence-corrected chi connectivity index (χ0v) is 16.1. The first-order valence-electron chi connectivity index (χ1n) is 9.67. The standard InChI is InChI=1S/C20H26ClN3O3/c21-15-3-1-14(2-4-15)12-24-13-20(10-18(24)26)5-7-23(8-6-20)19(27)17-9-16(25)11-22-17/h1-4,16-17,22,25H,5-13H2. The van der Waals surface area contributed by atoms with Crippen molar-refractivity contribution in [1.29, 1.82) is 0 Å². The van der Waals surface area contributed by atoms with Crippen molar-refractivity contribution in [2.45, 2.75) is 44.4 Å². The molecule has 3 heterocycles. The Bertz CT molecular complexity index is 716. The highest BCUT2D eigenvalue weighted by atomic mass is 35.5. The zero-order valence-electron chi connectivity index (χ0n) is 15.4. The summed E-state index contributed by atoms with van der Waals surface area (Å²) in [6.45, 7) is 3.24. The van der Waals surface area contributed by atoms with Crippen LogP contribution in [-0.4, -0.2) is 65.0 Å². The molecular weight excluding hydrogens is 366 g/mol. The van der Waals surface area contributed by atoms with Gasteiger partial charge in [-0.1, -0.05) is 23.7 Å². The Hall–Kier alpha value is -1.63. The van der Waals surface area contributed by atoms with Crippen LogP contribution in [0.5, 0.6) is 0 Å². The molecule has 0 radical (unpaired) electrons. The van der Waals surface area contributed by atoms with Crippen LogP contribution in [-0.2, 0) is 16.1 Å². The maximum atomic E-state index is 12.6. The van der Waals surface area contributed by atoms with Crippen molar-refractivity contribution in [3.63, 3.8) is 0 Å². The molecule has 2 amide bonds. The van der Waals surface area contributed by atoms with Crippen molar-refractivity contribution in [3.05, 3.63) is 34.9 Å². The van der Waals surface area contributed by atoms with E-state index < -0.39 is 6.10 Å². The highest BCUT2D eigenvalue weighted by Gasteiger charge is 2.46. The molecule has 3 aliphatic rings. The summed E-state index contributed by atoms with van der Waals surface area (Å²) in [6, 6.07) is 7.37. The second-order valence-electron chi connectivity index (χ2n) is 8.23. The molecule has 1 aromatic carbocycles. The number of nitrogens with zero attached hydrogens (tertiary/aromatic N) is 2. The van der Waals surface area contributed by atoms with E-state index in [0.29, 0.717) is 44.0 Å². The molecule has 0 aliphatic carbocycles. The molecule has 4 rings (SSSR count). The molecule has 2 atom stereocenters. The predicted molar refractivity (Wildman–Crippen MR) is 102 cm³/mol. The average Bonchev–Trinajstić information content (AvgIpc) is 3.21. The van der Waals surface area contributed by atoms with Crippen molar-refractivity contribution in [2.75, 3.05) is 26.2 Å². The number of halogens is 1. The molecule has 3 aliphatic heterocycles. The van der Waals surface area contributed by atoms with Crippen LogP contribution in [0.2, 0.25) is 5.02 Å². The number of amides is 2. The van der Waals surface area contributed by atoms with Gasteiger partial charge in [-0.25, -0.2) is 0 Å². The Morgan fingerprint density at radius 3 is 2.59 bits per heavy atom. The molecule has 3 fully saturated rings. The molecule has 0 aromatic heterocycles. The van der Waals surface area contributed by atoms with Gasteiger partial charge in [-0.3, -0.25) is 9.59 Å². The van der Waals surface area contributed by atoms with E-state index in [-0.39, 0.29) is 23.3 Å². The lowest BCUT2D eigenvalue weighted by molar-refractivity contribution is -0.135. The molecule has 146 valence electrons. The summed E-state index contributed by atoms with van der Waals surface area (Å²) in [6.07, 6.45) is 2.36. The van der Waals surface area contributed by atoms with Gasteiger partial charge in [0.05, 0.1) is 12.1 Å². The largest absolute Gasteiger partial charge is 0.392 e. The lowest BCUT2D eigenvalue weighted by Crippen LogP contribution is -2.49. The monoisotopic (exact) mass is 391 g/mol. The minimum atomic E-state index is -0.427. The first-order valence-corrected chi connectivity index (χ1v) is 10.0. The van der Waals surface area contributed by atoms with Crippen LogP contribution in [0.25, 0.3) is 0 Å². The fourth-order valence-electron chi connectivity index (χ4n) is 4.60. The summed E-state index contributed by atoms with van der Waals surface area (Å²) in [5.41, 5.74) is 1.08. The van der Waals surface area contributed by atoms with Crippen LogP contribution in [0.1, 0.15) is 31.2 Å². The minimum absolute atomic E-state index is 0.0110. The van der Waals surface area contributed by atoms with Crippen LogP contribution in [0, 0.1) is 5.41 Å². The second-order valence-corrected chi connectivity index (χ2v) is 8.67. The van der Waals surface area contributed by atoms with Gasteiger partial charge in [0, 0.05) is 49.6 Å². The normalized spacial score (nSPS) is 27.6. The van der Waals surface area contributed by atoms with E-state index in [1.165, 1.54) is 0 Å². The first-order chi connectivity index (χ1) is 12.9. The number of rotatable bonds is 3. The van der Waals surface area contributed by atoms with E-state index in [9.17, 15) is 14.7 Å². The zero-order chi connectivity index (χ0) is 19.0. The number of carbonyl (C=O) groups is 2. The third-order valence-corrected chi connectivity index (χ3v) is 6.49. The van der Waals surface area contributed by atoms with Gasteiger partial charge in [-0.15, -0.1) is 0 Å². The summed E-state index contributed by atoms with van der Waals surface area (Å²) in [7, 11) is 0. The topological polar surface area (TPSA) is 72.9 Å². The molecule has 0 bridgehead atoms. The Kier molecular flexibility index (Phi) is 5.14. The van der Waals surface area contributed by atoms with E-state index in [0.717, 1.165) is 24.9 Å². The summed E-state index contributed by atoms with van der Waals surface area (Å²) >= 11 is 5.94. The molecule has 2 N–H and O–H groups in total. The van der Waals surface area contributed by atoms with E-state index >= 15 is 0 Å². The maximum absolute atomic E-state index is 12.6. The molecular formula is C20H26ClN3O3. The van der Waals surface area contributed by atoms with Gasteiger partial charge < -0.3 is 20.2 Å². The molecule has 3 saturated heterocycles. The molecule has 7 heteroatoms. The third kappa shape index (κ3) is 3.98. The second kappa shape index (κ2) is 7.41. The smallest absolute Gasteiger partial charge is 0.239 e. The fraction of sp³-hybridized carbons (Fsp3) is 0.600. The van der Waals surface area contributed by atoms with E-state index in [1.807, 2.05) is 34.1 Å². The SMILES string of the molecule is O=C1CC2(CCN(C(=O)C3CC(O)CN3)CC2)CN1Cc1ccc(Cl)cc1. The van der Waals surface area contributed by atoms with Crippen molar-refractivity contribution in [3.8, 4) is 0 Å².